The number of carbonyl (C=O) groups excluding carboxylic acids is 2. The van der Waals surface area contributed by atoms with Gasteiger partial charge >= 0.3 is 0 Å². The number of ether oxygens (including phenoxy) is 2. The molecule has 4 heterocycles. The Kier molecular flexibility index (Phi) is 9.05. The van der Waals surface area contributed by atoms with Crippen molar-refractivity contribution in [3.05, 3.63) is 22.0 Å². The maximum absolute atomic E-state index is 12.9. The maximum atomic E-state index is 12.9. The van der Waals surface area contributed by atoms with Crippen LogP contribution in [0.15, 0.2) is 22.0 Å². The van der Waals surface area contributed by atoms with Crippen molar-refractivity contribution >= 4 is 69.8 Å². The van der Waals surface area contributed by atoms with E-state index in [0.717, 1.165) is 45.7 Å². The van der Waals surface area contributed by atoms with E-state index in [-0.39, 0.29) is 23.3 Å². The third kappa shape index (κ3) is 5.94. The van der Waals surface area contributed by atoms with Gasteiger partial charge in [0.2, 0.25) is 5.91 Å². The highest BCUT2D eigenvalue weighted by Crippen LogP contribution is 2.43. The number of amides is 2. The fourth-order valence-electron chi connectivity index (χ4n) is 5.13. The first-order valence-electron chi connectivity index (χ1n) is 12.6. The second-order valence-corrected chi connectivity index (χ2v) is 14.0. The number of carbonyl (C=O) groups is 2. The molecule has 4 rings (SSSR count). The lowest BCUT2D eigenvalue weighted by Gasteiger charge is -2.44. The van der Waals surface area contributed by atoms with Crippen molar-refractivity contribution in [2.24, 2.45) is 11.8 Å². The molecule has 2 atom stereocenters. The van der Waals surface area contributed by atoms with E-state index in [1.54, 1.807) is 17.8 Å². The number of hydrogen-bond donors (Lipinski definition) is 0. The van der Waals surface area contributed by atoms with Crippen LogP contribution in [0, 0.1) is 11.8 Å². The van der Waals surface area contributed by atoms with Crippen LogP contribution in [-0.2, 0) is 19.1 Å². The van der Waals surface area contributed by atoms with Gasteiger partial charge in [0.15, 0.2) is 0 Å². The predicted octanol–water partition coefficient (Wildman–Crippen LogP) is 4.97. The molecule has 0 radical (unpaired) electrons. The van der Waals surface area contributed by atoms with Gasteiger partial charge in [-0.25, -0.2) is 0 Å². The van der Waals surface area contributed by atoms with Crippen molar-refractivity contribution < 1.29 is 19.1 Å². The minimum atomic E-state index is -0.592. The summed E-state index contributed by atoms with van der Waals surface area (Å²) in [5.41, 5.74) is -0.806. The number of imide groups is 1. The predicted molar refractivity (Wildman–Crippen MR) is 155 cm³/mol. The molecule has 0 spiro atoms. The highest BCUT2D eigenvalue weighted by Gasteiger charge is 2.45. The van der Waals surface area contributed by atoms with Gasteiger partial charge in [-0.2, -0.15) is 0 Å². The molecule has 0 bridgehead atoms. The van der Waals surface area contributed by atoms with Crippen molar-refractivity contribution in [3.8, 4) is 0 Å². The Morgan fingerprint density at radius 1 is 0.833 bits per heavy atom. The van der Waals surface area contributed by atoms with Crippen LogP contribution < -0.4 is 0 Å². The Morgan fingerprint density at radius 3 is 1.97 bits per heavy atom. The zero-order chi connectivity index (χ0) is 26.1. The van der Waals surface area contributed by atoms with Crippen LogP contribution in [0.4, 0.5) is 0 Å². The van der Waals surface area contributed by atoms with Gasteiger partial charge in [0.1, 0.15) is 4.99 Å². The van der Waals surface area contributed by atoms with Crippen molar-refractivity contribution in [2.75, 3.05) is 37.9 Å². The maximum Gasteiger partial charge on any atom is 0.254 e. The van der Waals surface area contributed by atoms with Crippen LogP contribution in [0.25, 0.3) is 0 Å². The van der Waals surface area contributed by atoms with E-state index in [2.05, 4.69) is 24.8 Å². The molecule has 0 aromatic carbocycles. The van der Waals surface area contributed by atoms with E-state index in [1.807, 2.05) is 25.6 Å². The molecule has 2 amide bonds. The molecule has 10 heteroatoms. The molecule has 36 heavy (non-hydrogen) atoms. The van der Waals surface area contributed by atoms with E-state index in [1.165, 1.54) is 9.81 Å². The Morgan fingerprint density at radius 2 is 1.36 bits per heavy atom. The van der Waals surface area contributed by atoms with Crippen LogP contribution in [0.5, 0.6) is 0 Å². The van der Waals surface area contributed by atoms with E-state index in [0.29, 0.717) is 38.8 Å². The number of thioether (sulfide) groups is 2. The zero-order valence-electron chi connectivity index (χ0n) is 21.5. The summed E-state index contributed by atoms with van der Waals surface area (Å²) in [5.74, 6) is 1.93. The van der Waals surface area contributed by atoms with Crippen LogP contribution in [0.2, 0.25) is 0 Å². The van der Waals surface area contributed by atoms with E-state index < -0.39 is 5.54 Å². The van der Waals surface area contributed by atoms with Crippen LogP contribution in [-0.4, -0.2) is 80.6 Å². The fraction of sp³-hybridized carbons (Fsp3) is 0.692. The highest BCUT2D eigenvalue weighted by atomic mass is 32.2. The molecule has 0 aromatic rings. The largest absolute Gasteiger partial charge is 0.379 e. The number of hydrogen-bond acceptors (Lipinski definition) is 8. The summed E-state index contributed by atoms with van der Waals surface area (Å²) >= 11 is 15.0. The quantitative estimate of drug-likeness (QED) is 0.195. The molecule has 0 N–H and O–H groups in total. The average molecular weight is 569 g/mol. The third-order valence-corrected chi connectivity index (χ3v) is 10.5. The zero-order valence-corrected chi connectivity index (χ0v) is 24.8. The second-order valence-electron chi connectivity index (χ2n) is 10.8. The SMILES string of the molecule is CC(C)(CCOCCOCCC(C)(C)N1C(=S)C=C2SCCC2C1=S)N1C(=O)C=C2SCCC2C1=O. The summed E-state index contributed by atoms with van der Waals surface area (Å²) in [5, 5.41) is 0. The normalized spacial score (nSPS) is 24.8. The lowest BCUT2D eigenvalue weighted by atomic mass is 9.92. The average Bonchev–Trinajstić information content (AvgIpc) is 3.44. The number of thiocarbonyl (C=S) groups is 2. The van der Waals surface area contributed by atoms with Gasteiger partial charge in [-0.3, -0.25) is 14.5 Å². The van der Waals surface area contributed by atoms with Gasteiger partial charge < -0.3 is 14.4 Å². The summed E-state index contributed by atoms with van der Waals surface area (Å²) in [6.07, 6.45) is 7.06. The van der Waals surface area contributed by atoms with Gasteiger partial charge in [-0.15, -0.1) is 23.5 Å². The molecule has 6 nitrogen and oxygen atoms in total. The van der Waals surface area contributed by atoms with Crippen molar-refractivity contribution in [2.45, 2.75) is 64.5 Å². The molecule has 198 valence electrons. The lowest BCUT2D eigenvalue weighted by Crippen LogP contribution is -2.55. The molecule has 0 aromatic heterocycles. The summed E-state index contributed by atoms with van der Waals surface area (Å²) in [6, 6.07) is 0. The molecule has 0 aliphatic carbocycles. The smallest absolute Gasteiger partial charge is 0.254 e. The van der Waals surface area contributed by atoms with E-state index >= 15 is 0 Å². The van der Waals surface area contributed by atoms with Gasteiger partial charge in [0.25, 0.3) is 5.91 Å². The Balaban J connectivity index is 1.15. The molecule has 4 aliphatic rings. The van der Waals surface area contributed by atoms with Gasteiger partial charge in [-0.1, -0.05) is 24.4 Å². The molecule has 2 saturated heterocycles. The molecule has 4 aliphatic heterocycles. The Bertz CT molecular complexity index is 912. The monoisotopic (exact) mass is 568 g/mol. The van der Waals surface area contributed by atoms with Gasteiger partial charge in [-0.05, 0) is 75.9 Å². The summed E-state index contributed by atoms with van der Waals surface area (Å²) in [6.45, 7) is 10.2. The molecule has 2 unspecified atom stereocenters. The number of nitrogens with zero attached hydrogens (tertiary/aromatic N) is 2. The first-order valence-corrected chi connectivity index (χ1v) is 15.4. The van der Waals surface area contributed by atoms with Crippen molar-refractivity contribution in [3.63, 3.8) is 0 Å². The minimum Gasteiger partial charge on any atom is -0.379 e. The Hall–Kier alpha value is -0.780. The topological polar surface area (TPSA) is 59.1 Å². The molecule has 2 fully saturated rings. The van der Waals surface area contributed by atoms with E-state index in [4.69, 9.17) is 33.9 Å². The fourth-order valence-corrected chi connectivity index (χ4v) is 8.81. The van der Waals surface area contributed by atoms with Crippen molar-refractivity contribution in [1.29, 1.82) is 0 Å². The minimum absolute atomic E-state index is 0.0653. The summed E-state index contributed by atoms with van der Waals surface area (Å²) < 4.78 is 11.7. The molecule has 0 saturated carbocycles. The standard InChI is InChI=1S/C26H36N2O4S4/c1-25(2,27-21(29)15-19-17(23(27)30)5-13-35-19)7-9-31-11-12-32-10-8-26(3,4)28-22(33)16-20-18(24(28)34)6-14-36-20/h15-18H,5-14H2,1-4H3. The van der Waals surface area contributed by atoms with Gasteiger partial charge in [0, 0.05) is 41.2 Å². The van der Waals surface area contributed by atoms with E-state index in [9.17, 15) is 9.59 Å². The lowest BCUT2D eigenvalue weighted by molar-refractivity contribution is -0.152. The van der Waals surface area contributed by atoms with Gasteiger partial charge in [0.05, 0.1) is 24.1 Å². The van der Waals surface area contributed by atoms with Crippen LogP contribution >= 0.6 is 48.0 Å². The second kappa shape index (κ2) is 11.5. The van der Waals surface area contributed by atoms with Crippen LogP contribution in [0.1, 0.15) is 53.4 Å². The molecular formula is C26H36N2O4S4. The first kappa shape index (κ1) is 28.2. The van der Waals surface area contributed by atoms with Crippen molar-refractivity contribution in [1.82, 2.24) is 9.80 Å². The number of rotatable bonds is 11. The number of fused-ring (bicyclic) bond motifs is 2. The summed E-state index contributed by atoms with van der Waals surface area (Å²) in [7, 11) is 0. The summed E-state index contributed by atoms with van der Waals surface area (Å²) in [4.78, 5) is 33.1. The molecular weight excluding hydrogens is 533 g/mol. The first-order chi connectivity index (χ1) is 17.0. The van der Waals surface area contributed by atoms with Crippen LogP contribution in [0.3, 0.4) is 0 Å². The third-order valence-electron chi connectivity index (χ3n) is 7.35. The highest BCUT2D eigenvalue weighted by molar-refractivity contribution is 8.03. The Labute approximate surface area is 233 Å².